The highest BCUT2D eigenvalue weighted by Gasteiger charge is 2.63. The van der Waals surface area contributed by atoms with Crippen molar-refractivity contribution in [3.63, 3.8) is 0 Å². The predicted octanol–water partition coefficient (Wildman–Crippen LogP) is 5.40. The number of fused-ring (bicyclic) bond motifs is 3. The predicted molar refractivity (Wildman–Crippen MR) is 217 cm³/mol. The third-order valence-electron chi connectivity index (χ3n) is 12.5. The molecule has 2 aliphatic heterocycles. The lowest BCUT2D eigenvalue weighted by molar-refractivity contribution is -0.152. The highest BCUT2D eigenvalue weighted by atomic mass is 32.2. The SMILES string of the molecule is CCOc1cc2cc(OC)ccc2c(O[C@@H]2C[C@H]3C(=O)N[C@]4(C(=O)NS(=O)(=O)C5(C)CC5)C[C@H]4/C=C\CC[C@H](C)C[C@@H](C)[C@H](NC(=O)OC(C)(C)C(C)(F)F)C(=O)N3C2)n1. The normalized spacial score (nSPS) is 28.8. The number of aromatic nitrogens is 1. The average molecular weight is 862 g/mol. The van der Waals surface area contributed by atoms with Crippen LogP contribution in [0.2, 0.25) is 0 Å². The van der Waals surface area contributed by atoms with Crippen LogP contribution in [-0.2, 0) is 29.1 Å². The van der Waals surface area contributed by atoms with Gasteiger partial charge in [0.2, 0.25) is 33.6 Å². The van der Waals surface area contributed by atoms with Gasteiger partial charge >= 0.3 is 6.09 Å². The van der Waals surface area contributed by atoms with Gasteiger partial charge in [0.1, 0.15) is 29.5 Å². The molecule has 1 saturated heterocycles. The molecule has 0 spiro atoms. The molecule has 330 valence electrons. The average Bonchev–Trinajstić information content (AvgIpc) is 4.04. The maximum absolute atomic E-state index is 14.9. The van der Waals surface area contributed by atoms with Crippen LogP contribution in [0.5, 0.6) is 17.5 Å². The van der Waals surface area contributed by atoms with Crippen molar-refractivity contribution in [1.82, 2.24) is 25.2 Å². The van der Waals surface area contributed by atoms with Gasteiger partial charge in [0.25, 0.3) is 11.8 Å². The summed E-state index contributed by atoms with van der Waals surface area (Å²) < 4.78 is 79.3. The summed E-state index contributed by atoms with van der Waals surface area (Å²) in [5, 5.41) is 6.67. The van der Waals surface area contributed by atoms with Gasteiger partial charge in [0.15, 0.2) is 5.60 Å². The Kier molecular flexibility index (Phi) is 12.4. The van der Waals surface area contributed by atoms with E-state index in [-0.39, 0.29) is 37.1 Å². The number of allylic oxidation sites excluding steroid dienone is 1. The lowest BCUT2D eigenvalue weighted by atomic mass is 9.88. The third-order valence-corrected chi connectivity index (χ3v) is 14.6. The summed E-state index contributed by atoms with van der Waals surface area (Å²) in [4.78, 5) is 62.7. The molecule has 1 aromatic carbocycles. The molecule has 0 bridgehead atoms. The summed E-state index contributed by atoms with van der Waals surface area (Å²) in [7, 11) is -2.53. The number of pyridine rings is 1. The molecule has 2 aliphatic carbocycles. The first-order chi connectivity index (χ1) is 28.0. The van der Waals surface area contributed by atoms with E-state index in [0.29, 0.717) is 62.2 Å². The number of carbonyl (C=O) groups excluding carboxylic acids is 4. The molecule has 3 fully saturated rings. The van der Waals surface area contributed by atoms with E-state index in [1.165, 1.54) is 12.0 Å². The van der Waals surface area contributed by atoms with Crippen molar-refractivity contribution in [3.8, 4) is 17.5 Å². The monoisotopic (exact) mass is 861 g/mol. The Morgan fingerprint density at radius 2 is 1.82 bits per heavy atom. The molecule has 0 unspecified atom stereocenters. The molecule has 4 aliphatic rings. The fraction of sp³-hybridized carbons (Fsp3) is 0.643. The topological polar surface area (TPSA) is 192 Å². The zero-order valence-corrected chi connectivity index (χ0v) is 36.2. The van der Waals surface area contributed by atoms with Crippen molar-refractivity contribution in [2.75, 3.05) is 20.3 Å². The third kappa shape index (κ3) is 9.27. The van der Waals surface area contributed by atoms with E-state index in [1.807, 2.05) is 19.1 Å². The van der Waals surface area contributed by atoms with Gasteiger partial charge in [-0.3, -0.25) is 19.1 Å². The number of nitrogens with zero attached hydrogens (tertiary/aromatic N) is 2. The van der Waals surface area contributed by atoms with E-state index in [9.17, 15) is 36.4 Å². The van der Waals surface area contributed by atoms with Crippen molar-refractivity contribution in [3.05, 3.63) is 36.4 Å². The quantitative estimate of drug-likeness (QED) is 0.245. The van der Waals surface area contributed by atoms with Crippen molar-refractivity contribution in [2.24, 2.45) is 17.8 Å². The second kappa shape index (κ2) is 16.6. The van der Waals surface area contributed by atoms with Crippen molar-refractivity contribution < 1.29 is 55.3 Å². The summed E-state index contributed by atoms with van der Waals surface area (Å²) in [6.45, 7) is 9.97. The lowest BCUT2D eigenvalue weighted by Crippen LogP contribution is -2.59. The molecule has 15 nitrogen and oxygen atoms in total. The van der Waals surface area contributed by atoms with Crippen LogP contribution in [0.25, 0.3) is 10.8 Å². The molecule has 1 aromatic heterocycles. The van der Waals surface area contributed by atoms with Crippen molar-refractivity contribution >= 4 is 44.6 Å². The van der Waals surface area contributed by atoms with Gasteiger partial charge in [-0.15, -0.1) is 0 Å². The van der Waals surface area contributed by atoms with Crippen molar-refractivity contribution in [1.29, 1.82) is 0 Å². The summed E-state index contributed by atoms with van der Waals surface area (Å²) in [5.41, 5.74) is -3.85. The summed E-state index contributed by atoms with van der Waals surface area (Å²) >= 11 is 0. The minimum atomic E-state index is -4.07. The number of sulfonamides is 1. The van der Waals surface area contributed by atoms with Crippen LogP contribution in [0.3, 0.4) is 0 Å². The summed E-state index contributed by atoms with van der Waals surface area (Å²) in [6.07, 6.45) is 4.07. The maximum Gasteiger partial charge on any atom is 0.408 e. The van der Waals surface area contributed by atoms with E-state index in [4.69, 9.17) is 18.9 Å². The second-order valence-electron chi connectivity index (χ2n) is 17.7. The number of hydrogen-bond donors (Lipinski definition) is 3. The number of amides is 4. The first-order valence-electron chi connectivity index (χ1n) is 20.5. The number of halogens is 2. The minimum absolute atomic E-state index is 0.0109. The number of alkyl halides is 2. The standard InChI is InChI=1S/C42H57F2N5O10S/c1-9-57-32-20-26-19-28(56-8)14-15-30(26)35(45-32)58-29-21-31-34(50)47-42(37(52)48-60(54,55)40(6)16-17-40)22-27(42)13-11-10-12-24(2)18-25(3)33(36(51)49(31)23-29)46-38(53)59-39(4,5)41(7,43)44/h11,13-15,19-20,24-25,27,29,31,33H,9-10,12,16-18,21-23H2,1-8H3,(H,46,53)(H,47,50)(H,48,52)/b13-11-/t24-,25+,27+,29+,31-,33-,42+/m0/s1. The number of methoxy groups -OCH3 is 1. The highest BCUT2D eigenvalue weighted by Crippen LogP contribution is 2.48. The first-order valence-corrected chi connectivity index (χ1v) is 22.0. The molecular formula is C42H57F2N5O10S. The minimum Gasteiger partial charge on any atom is -0.497 e. The Balaban J connectivity index is 1.37. The van der Waals surface area contributed by atoms with E-state index in [1.54, 1.807) is 45.0 Å². The molecule has 0 radical (unpaired) electrons. The fourth-order valence-electron chi connectivity index (χ4n) is 7.85. The highest BCUT2D eigenvalue weighted by molar-refractivity contribution is 7.91. The van der Waals surface area contributed by atoms with E-state index in [0.717, 1.165) is 13.8 Å². The Hall–Kier alpha value is -4.74. The number of ether oxygens (including phenoxy) is 4. The molecule has 3 heterocycles. The van der Waals surface area contributed by atoms with Gasteiger partial charge in [0, 0.05) is 30.7 Å². The van der Waals surface area contributed by atoms with E-state index in [2.05, 4.69) is 20.3 Å². The van der Waals surface area contributed by atoms with Gasteiger partial charge in [-0.1, -0.05) is 26.0 Å². The Morgan fingerprint density at radius 3 is 2.47 bits per heavy atom. The number of nitrogens with one attached hydrogen (secondary N) is 3. The van der Waals surface area contributed by atoms with Crippen LogP contribution < -0.4 is 29.6 Å². The largest absolute Gasteiger partial charge is 0.497 e. The Morgan fingerprint density at radius 1 is 1.10 bits per heavy atom. The van der Waals surface area contributed by atoms with E-state index < -0.39 is 85.7 Å². The van der Waals surface area contributed by atoms with Gasteiger partial charge in [-0.05, 0) is 102 Å². The van der Waals surface area contributed by atoms with Crippen LogP contribution >= 0.6 is 0 Å². The molecule has 4 amide bonds. The number of alkyl carbamates (subject to hydrolysis) is 1. The van der Waals surface area contributed by atoms with Crippen LogP contribution in [-0.4, -0.2) is 102 Å². The molecule has 3 N–H and O–H groups in total. The maximum atomic E-state index is 14.9. The molecule has 18 heteroatoms. The number of hydrogen-bond acceptors (Lipinski definition) is 11. The van der Waals surface area contributed by atoms with Crippen LogP contribution in [0.4, 0.5) is 13.6 Å². The van der Waals surface area contributed by atoms with Gasteiger partial charge in [-0.2, -0.15) is 4.98 Å². The van der Waals surface area contributed by atoms with Crippen LogP contribution in [0, 0.1) is 17.8 Å². The van der Waals surface area contributed by atoms with Gasteiger partial charge in [-0.25, -0.2) is 22.0 Å². The van der Waals surface area contributed by atoms with Gasteiger partial charge in [0.05, 0.1) is 25.0 Å². The first kappa shape index (κ1) is 44.8. The Labute approximate surface area is 349 Å². The molecule has 6 rings (SSSR count). The molecule has 2 aromatic rings. The number of carbonyl (C=O) groups is 4. The molecular weight excluding hydrogens is 805 g/mol. The van der Waals surface area contributed by atoms with Gasteiger partial charge < -0.3 is 34.5 Å². The zero-order valence-electron chi connectivity index (χ0n) is 35.4. The Bertz CT molecular complexity index is 2140. The molecule has 7 atom stereocenters. The lowest BCUT2D eigenvalue weighted by Gasteiger charge is -2.35. The summed E-state index contributed by atoms with van der Waals surface area (Å²) in [6, 6.07) is 4.38. The molecule has 2 saturated carbocycles. The smallest absolute Gasteiger partial charge is 0.408 e. The van der Waals surface area contributed by atoms with Crippen LogP contribution in [0.1, 0.15) is 93.4 Å². The number of rotatable bonds is 11. The number of benzene rings is 1. The van der Waals surface area contributed by atoms with Crippen LogP contribution in [0.15, 0.2) is 36.4 Å². The van der Waals surface area contributed by atoms with E-state index >= 15 is 0 Å². The second-order valence-corrected chi connectivity index (χ2v) is 19.9. The fourth-order valence-corrected chi connectivity index (χ4v) is 9.16. The summed E-state index contributed by atoms with van der Waals surface area (Å²) in [5.74, 6) is -5.83. The van der Waals surface area contributed by atoms with Crippen molar-refractivity contribution in [2.45, 2.75) is 133 Å². The molecule has 60 heavy (non-hydrogen) atoms. The zero-order chi connectivity index (χ0) is 44.0.